The maximum Gasteiger partial charge on any atom is 0.407 e. The third kappa shape index (κ3) is 10.8. The van der Waals surface area contributed by atoms with Gasteiger partial charge in [-0.05, 0) is 32.2 Å². The van der Waals surface area contributed by atoms with E-state index in [1.165, 1.54) is 0 Å². The van der Waals surface area contributed by atoms with E-state index < -0.39 is 6.09 Å². The first-order valence-corrected chi connectivity index (χ1v) is 9.28. The summed E-state index contributed by atoms with van der Waals surface area (Å²) in [4.78, 5) is 18.3. The Labute approximate surface area is 151 Å². The minimum Gasteiger partial charge on any atom is -0.450 e. The zero-order valence-electron chi connectivity index (χ0n) is 15.9. The number of rotatable bonds is 10. The predicted octanol–water partition coefficient (Wildman–Crippen LogP) is 0.774. The zero-order chi connectivity index (χ0) is 18.5. The Bertz CT molecular complexity index is 398. The second-order valence-electron chi connectivity index (χ2n) is 6.65. The second-order valence-corrected chi connectivity index (χ2v) is 6.65. The average Bonchev–Trinajstić information content (AvgIpc) is 2.57. The summed E-state index contributed by atoms with van der Waals surface area (Å²) in [7, 11) is 0. The Morgan fingerprint density at radius 2 is 2.08 bits per heavy atom. The summed E-state index contributed by atoms with van der Waals surface area (Å²) in [5.74, 6) is 0.867. The van der Waals surface area contributed by atoms with Gasteiger partial charge in [0.05, 0.1) is 32.4 Å². The molecule has 1 saturated heterocycles. The molecule has 1 heterocycles. The zero-order valence-corrected chi connectivity index (χ0v) is 15.9. The van der Waals surface area contributed by atoms with Crippen molar-refractivity contribution in [1.82, 2.24) is 15.5 Å². The number of nitrogens with one attached hydrogen (secondary N) is 2. The Hall–Kier alpha value is -1.54. The molecular formula is C17H35N5O3. The molecule has 1 rings (SSSR count). The fraction of sp³-hybridized carbons (Fsp3) is 0.882. The summed E-state index contributed by atoms with van der Waals surface area (Å²) < 4.78 is 10.3. The number of nitrogens with zero attached hydrogens (tertiary/aromatic N) is 2. The largest absolute Gasteiger partial charge is 0.450 e. The molecule has 1 amide bonds. The monoisotopic (exact) mass is 357 g/mol. The fourth-order valence-electron chi connectivity index (χ4n) is 2.70. The Balaban J connectivity index is 2.26. The molecule has 4 N–H and O–H groups in total. The molecule has 8 nitrogen and oxygen atoms in total. The number of morpholine rings is 1. The van der Waals surface area contributed by atoms with Gasteiger partial charge in [-0.1, -0.05) is 13.8 Å². The van der Waals surface area contributed by atoms with Gasteiger partial charge in [0.15, 0.2) is 5.96 Å². The van der Waals surface area contributed by atoms with Gasteiger partial charge in [-0.25, -0.2) is 4.79 Å². The average molecular weight is 357 g/mol. The van der Waals surface area contributed by atoms with Gasteiger partial charge in [0.1, 0.15) is 0 Å². The predicted molar refractivity (Wildman–Crippen MR) is 99.8 cm³/mol. The molecule has 0 aromatic carbocycles. The molecule has 0 spiro atoms. The first-order valence-electron chi connectivity index (χ1n) is 9.28. The lowest BCUT2D eigenvalue weighted by atomic mass is 10.0. The summed E-state index contributed by atoms with van der Waals surface area (Å²) in [5, 5.41) is 5.98. The molecule has 0 radical (unpaired) electrons. The van der Waals surface area contributed by atoms with Gasteiger partial charge in [-0.3, -0.25) is 9.89 Å². The highest BCUT2D eigenvalue weighted by Crippen LogP contribution is 2.05. The van der Waals surface area contributed by atoms with Crippen LogP contribution in [0.15, 0.2) is 4.99 Å². The standard InChI is InChI=1S/C17H35N5O3/c1-4-25-17(23)21-15(12-14(2)3)13-20-16(18)19-6-5-7-22-8-10-24-11-9-22/h14-15H,4-13H2,1-3H3,(H,21,23)(H3,18,19,20). The number of ether oxygens (including phenoxy) is 2. The molecule has 0 bridgehead atoms. The summed E-state index contributed by atoms with van der Waals surface area (Å²) in [6.45, 7) is 12.3. The fourth-order valence-corrected chi connectivity index (χ4v) is 2.70. The maximum atomic E-state index is 11.6. The SMILES string of the molecule is CCOC(=O)NC(CN=C(N)NCCCN1CCOCC1)CC(C)C. The number of nitrogens with two attached hydrogens (primary N) is 1. The first-order chi connectivity index (χ1) is 12.0. The third-order valence-corrected chi connectivity index (χ3v) is 3.90. The molecule has 0 aromatic heterocycles. The molecule has 8 heteroatoms. The highest BCUT2D eigenvalue weighted by molar-refractivity contribution is 5.77. The minimum atomic E-state index is -0.402. The van der Waals surface area contributed by atoms with Gasteiger partial charge in [-0.2, -0.15) is 0 Å². The van der Waals surface area contributed by atoms with Crippen molar-refractivity contribution in [3.05, 3.63) is 0 Å². The molecule has 1 aliphatic heterocycles. The van der Waals surface area contributed by atoms with E-state index in [4.69, 9.17) is 15.2 Å². The number of guanidine groups is 1. The van der Waals surface area contributed by atoms with E-state index in [9.17, 15) is 4.79 Å². The molecule has 1 atom stereocenters. The minimum absolute atomic E-state index is 0.0762. The van der Waals surface area contributed by atoms with E-state index in [2.05, 4.69) is 34.4 Å². The molecule has 1 aliphatic rings. The van der Waals surface area contributed by atoms with E-state index in [0.717, 1.165) is 52.2 Å². The van der Waals surface area contributed by atoms with Crippen LogP contribution in [0.1, 0.15) is 33.6 Å². The van der Waals surface area contributed by atoms with Crippen molar-refractivity contribution in [3.63, 3.8) is 0 Å². The van der Waals surface area contributed by atoms with Crippen molar-refractivity contribution in [2.45, 2.75) is 39.7 Å². The summed E-state index contributed by atoms with van der Waals surface area (Å²) in [6.07, 6.45) is 1.43. The van der Waals surface area contributed by atoms with Gasteiger partial charge in [0.25, 0.3) is 0 Å². The van der Waals surface area contributed by atoms with Crippen molar-refractivity contribution in [2.75, 3.05) is 52.5 Å². The first kappa shape index (κ1) is 21.5. The molecule has 0 aromatic rings. The van der Waals surface area contributed by atoms with Crippen LogP contribution in [-0.4, -0.2) is 75.5 Å². The molecule has 1 unspecified atom stereocenters. The smallest absolute Gasteiger partial charge is 0.407 e. The van der Waals surface area contributed by atoms with Crippen LogP contribution in [0.3, 0.4) is 0 Å². The normalized spacial score (nSPS) is 17.4. The van der Waals surface area contributed by atoms with Crippen molar-refractivity contribution in [2.24, 2.45) is 16.6 Å². The molecule has 25 heavy (non-hydrogen) atoms. The van der Waals surface area contributed by atoms with Crippen LogP contribution in [-0.2, 0) is 9.47 Å². The van der Waals surface area contributed by atoms with Gasteiger partial charge < -0.3 is 25.8 Å². The van der Waals surface area contributed by atoms with Gasteiger partial charge in [-0.15, -0.1) is 0 Å². The number of aliphatic imine (C=N–C) groups is 1. The Morgan fingerprint density at radius 1 is 1.36 bits per heavy atom. The van der Waals surface area contributed by atoms with Gasteiger partial charge in [0, 0.05) is 19.6 Å². The van der Waals surface area contributed by atoms with Gasteiger partial charge >= 0.3 is 6.09 Å². The van der Waals surface area contributed by atoms with Gasteiger partial charge in [0.2, 0.25) is 0 Å². The summed E-state index contributed by atoms with van der Waals surface area (Å²) in [5.41, 5.74) is 5.92. The number of alkyl carbamates (subject to hydrolysis) is 1. The maximum absolute atomic E-state index is 11.6. The highest BCUT2D eigenvalue weighted by Gasteiger charge is 2.14. The summed E-state index contributed by atoms with van der Waals surface area (Å²) >= 11 is 0. The molecule has 146 valence electrons. The summed E-state index contributed by atoms with van der Waals surface area (Å²) in [6, 6.07) is -0.0762. The lowest BCUT2D eigenvalue weighted by Gasteiger charge is -2.26. The van der Waals surface area contributed by atoms with Crippen LogP contribution in [0, 0.1) is 5.92 Å². The van der Waals surface area contributed by atoms with Crippen LogP contribution in [0.2, 0.25) is 0 Å². The number of carbonyl (C=O) groups is 1. The van der Waals surface area contributed by atoms with E-state index in [1.807, 2.05) is 0 Å². The topological polar surface area (TPSA) is 101 Å². The van der Waals surface area contributed by atoms with E-state index in [0.29, 0.717) is 25.0 Å². The Morgan fingerprint density at radius 3 is 2.72 bits per heavy atom. The highest BCUT2D eigenvalue weighted by atomic mass is 16.5. The van der Waals surface area contributed by atoms with E-state index >= 15 is 0 Å². The Kier molecular flexibility index (Phi) is 11.0. The van der Waals surface area contributed by atoms with Crippen LogP contribution < -0.4 is 16.4 Å². The van der Waals surface area contributed by atoms with Crippen LogP contribution in [0.5, 0.6) is 0 Å². The quantitative estimate of drug-likeness (QED) is 0.303. The molecular weight excluding hydrogens is 322 g/mol. The van der Waals surface area contributed by atoms with Crippen LogP contribution >= 0.6 is 0 Å². The second kappa shape index (κ2) is 12.8. The van der Waals surface area contributed by atoms with Crippen molar-refractivity contribution in [1.29, 1.82) is 0 Å². The van der Waals surface area contributed by atoms with Crippen LogP contribution in [0.4, 0.5) is 4.79 Å². The molecule has 0 aliphatic carbocycles. The number of carbonyl (C=O) groups excluding carboxylic acids is 1. The van der Waals surface area contributed by atoms with Crippen molar-refractivity contribution in [3.8, 4) is 0 Å². The van der Waals surface area contributed by atoms with Crippen LogP contribution in [0.25, 0.3) is 0 Å². The lowest BCUT2D eigenvalue weighted by molar-refractivity contribution is 0.0376. The lowest BCUT2D eigenvalue weighted by Crippen LogP contribution is -2.41. The number of amides is 1. The van der Waals surface area contributed by atoms with Crippen molar-refractivity contribution < 1.29 is 14.3 Å². The molecule has 1 fully saturated rings. The number of hydrogen-bond donors (Lipinski definition) is 3. The van der Waals surface area contributed by atoms with Crippen molar-refractivity contribution >= 4 is 12.1 Å². The number of hydrogen-bond acceptors (Lipinski definition) is 5. The third-order valence-electron chi connectivity index (χ3n) is 3.90. The van der Waals surface area contributed by atoms with E-state index in [1.54, 1.807) is 6.92 Å². The van der Waals surface area contributed by atoms with E-state index in [-0.39, 0.29) is 6.04 Å². The molecule has 0 saturated carbocycles.